The van der Waals surface area contributed by atoms with Crippen LogP contribution in [0.25, 0.3) is 0 Å². The number of rotatable bonds is 7. The number of aliphatic hydroxyl groups is 11. The van der Waals surface area contributed by atoms with Gasteiger partial charge in [0.2, 0.25) is 0 Å². The lowest BCUT2D eigenvalue weighted by atomic mass is 9.97. The van der Waals surface area contributed by atoms with Gasteiger partial charge in [-0.3, -0.25) is 0 Å². The first-order valence-electron chi connectivity index (χ1n) is 10.6. The van der Waals surface area contributed by atoms with Crippen molar-refractivity contribution in [2.45, 2.75) is 92.1 Å². The van der Waals surface area contributed by atoms with E-state index in [-0.39, 0.29) is 0 Å². The van der Waals surface area contributed by atoms with Gasteiger partial charge in [-0.1, -0.05) is 0 Å². The Labute approximate surface area is 192 Å². The van der Waals surface area contributed by atoms with Crippen molar-refractivity contribution in [3.63, 3.8) is 0 Å². The Balaban J connectivity index is 1.63. The molecule has 0 radical (unpaired) electrons. The Morgan fingerprint density at radius 2 is 1.03 bits per heavy atom. The van der Waals surface area contributed by atoms with E-state index in [1.54, 1.807) is 0 Å². The molecule has 16 nitrogen and oxygen atoms in total. The van der Waals surface area contributed by atoms with Gasteiger partial charge in [0.15, 0.2) is 18.9 Å². The first kappa shape index (κ1) is 27.9. The quantitative estimate of drug-likeness (QED) is 0.154. The van der Waals surface area contributed by atoms with Crippen LogP contribution in [0.3, 0.4) is 0 Å². The molecule has 3 aliphatic heterocycles. The summed E-state index contributed by atoms with van der Waals surface area (Å²) in [6.07, 6.45) is -24.7. The Kier molecular flexibility index (Phi) is 9.54. The molecule has 0 spiro atoms. The number of ether oxygens (including phenoxy) is 5. The summed E-state index contributed by atoms with van der Waals surface area (Å²) in [6, 6.07) is 0. The van der Waals surface area contributed by atoms with Crippen molar-refractivity contribution in [3.05, 3.63) is 0 Å². The van der Waals surface area contributed by atoms with Crippen molar-refractivity contribution in [3.8, 4) is 0 Å². The van der Waals surface area contributed by atoms with Crippen molar-refractivity contribution in [2.24, 2.45) is 0 Å². The fraction of sp³-hybridized carbons (Fsp3) is 1.00. The zero-order chi connectivity index (χ0) is 25.3. The molecule has 34 heavy (non-hydrogen) atoms. The molecule has 16 heteroatoms. The molecule has 3 saturated heterocycles. The normalized spacial score (nSPS) is 52.5. The van der Waals surface area contributed by atoms with Gasteiger partial charge in [-0.2, -0.15) is 0 Å². The average Bonchev–Trinajstić information content (AvgIpc) is 2.83. The molecule has 0 aromatic carbocycles. The number of hydrogen-bond donors (Lipinski definition) is 11. The van der Waals surface area contributed by atoms with Crippen LogP contribution in [-0.2, 0) is 23.7 Å². The zero-order valence-electron chi connectivity index (χ0n) is 17.7. The molecule has 0 saturated carbocycles. The van der Waals surface area contributed by atoms with Crippen molar-refractivity contribution in [1.82, 2.24) is 0 Å². The molecule has 15 atom stereocenters. The van der Waals surface area contributed by atoms with Crippen LogP contribution < -0.4 is 0 Å². The second-order valence-corrected chi connectivity index (χ2v) is 8.37. The average molecular weight is 504 g/mol. The highest BCUT2D eigenvalue weighted by atomic mass is 16.7. The Bertz CT molecular complexity index is 637. The minimum atomic E-state index is -1.82. The summed E-state index contributed by atoms with van der Waals surface area (Å²) in [7, 11) is 0. The summed E-state index contributed by atoms with van der Waals surface area (Å²) in [5.74, 6) is 0. The maximum absolute atomic E-state index is 10.5. The molecule has 1 unspecified atom stereocenters. The molecule has 0 amide bonds. The minimum absolute atomic E-state index is 0.577. The molecular formula is C18H32O16. The SMILES string of the molecule is OC[C@H]1O[C@@H](O[C@H]2[C@H](O)[C@@H](O)[C@@H](OC[C@H]3OC(O)[C@H](O)[C@@H](O)[C@@H]3O)O[C@@H]2CO)[C@H](O)[C@@H](O)[C@@H]1O. The van der Waals surface area contributed by atoms with E-state index in [9.17, 15) is 56.2 Å². The van der Waals surface area contributed by atoms with E-state index >= 15 is 0 Å². The van der Waals surface area contributed by atoms with Crippen LogP contribution >= 0.6 is 0 Å². The van der Waals surface area contributed by atoms with Crippen LogP contribution in [0.1, 0.15) is 0 Å². The molecule has 0 aromatic rings. The molecule has 3 aliphatic rings. The van der Waals surface area contributed by atoms with Gasteiger partial charge in [-0.05, 0) is 0 Å². The lowest BCUT2D eigenvalue weighted by molar-refractivity contribution is -0.363. The predicted octanol–water partition coefficient (Wildman–Crippen LogP) is -7.57. The largest absolute Gasteiger partial charge is 0.394 e. The summed E-state index contributed by atoms with van der Waals surface area (Å²) in [6.45, 7) is -2.09. The molecule has 11 N–H and O–H groups in total. The van der Waals surface area contributed by atoms with E-state index in [0.717, 1.165) is 0 Å². The fourth-order valence-corrected chi connectivity index (χ4v) is 3.95. The summed E-state index contributed by atoms with van der Waals surface area (Å²) >= 11 is 0. The van der Waals surface area contributed by atoms with E-state index in [1.165, 1.54) is 0 Å². The van der Waals surface area contributed by atoms with E-state index in [4.69, 9.17) is 23.7 Å². The van der Waals surface area contributed by atoms with Crippen molar-refractivity contribution >= 4 is 0 Å². The third kappa shape index (κ3) is 5.52. The Morgan fingerprint density at radius 1 is 0.500 bits per heavy atom. The molecule has 0 aromatic heterocycles. The van der Waals surface area contributed by atoms with Gasteiger partial charge in [-0.25, -0.2) is 0 Å². The molecule has 0 aliphatic carbocycles. The summed E-state index contributed by atoms with van der Waals surface area (Å²) in [4.78, 5) is 0. The second-order valence-electron chi connectivity index (χ2n) is 8.37. The lowest BCUT2D eigenvalue weighted by Gasteiger charge is -2.46. The highest BCUT2D eigenvalue weighted by molar-refractivity contribution is 4.94. The van der Waals surface area contributed by atoms with Crippen molar-refractivity contribution in [1.29, 1.82) is 0 Å². The summed E-state index contributed by atoms with van der Waals surface area (Å²) in [5.41, 5.74) is 0. The zero-order valence-corrected chi connectivity index (χ0v) is 17.7. The Hall–Kier alpha value is -0.640. The second kappa shape index (κ2) is 11.6. The van der Waals surface area contributed by atoms with Crippen LogP contribution in [0.2, 0.25) is 0 Å². The van der Waals surface area contributed by atoms with Crippen LogP contribution in [0.5, 0.6) is 0 Å². The van der Waals surface area contributed by atoms with Crippen LogP contribution in [0.4, 0.5) is 0 Å². The molecule has 3 rings (SSSR count). The summed E-state index contributed by atoms with van der Waals surface area (Å²) in [5, 5.41) is 109. The van der Waals surface area contributed by atoms with Crippen LogP contribution in [-0.4, -0.2) is 168 Å². The van der Waals surface area contributed by atoms with Gasteiger partial charge in [0.05, 0.1) is 19.8 Å². The lowest BCUT2D eigenvalue weighted by Crippen LogP contribution is -2.65. The van der Waals surface area contributed by atoms with Gasteiger partial charge in [0.25, 0.3) is 0 Å². The van der Waals surface area contributed by atoms with Crippen LogP contribution in [0, 0.1) is 0 Å². The van der Waals surface area contributed by atoms with Gasteiger partial charge in [-0.15, -0.1) is 0 Å². The van der Waals surface area contributed by atoms with Gasteiger partial charge in [0, 0.05) is 0 Å². The fourth-order valence-electron chi connectivity index (χ4n) is 3.95. The first-order chi connectivity index (χ1) is 16.0. The molecule has 200 valence electrons. The third-order valence-electron chi connectivity index (χ3n) is 6.07. The summed E-state index contributed by atoms with van der Waals surface area (Å²) < 4.78 is 26.2. The van der Waals surface area contributed by atoms with Gasteiger partial charge < -0.3 is 79.9 Å². The molecule has 3 heterocycles. The monoisotopic (exact) mass is 504 g/mol. The van der Waals surface area contributed by atoms with Crippen molar-refractivity contribution < 1.29 is 79.9 Å². The molecule has 3 fully saturated rings. The topological polar surface area (TPSA) is 269 Å². The number of aliphatic hydroxyl groups excluding tert-OH is 11. The van der Waals surface area contributed by atoms with Crippen molar-refractivity contribution in [2.75, 3.05) is 19.8 Å². The van der Waals surface area contributed by atoms with Gasteiger partial charge in [0.1, 0.15) is 73.2 Å². The van der Waals surface area contributed by atoms with Gasteiger partial charge >= 0.3 is 0 Å². The van der Waals surface area contributed by atoms with E-state index < -0.39 is 112 Å². The Morgan fingerprint density at radius 3 is 1.65 bits per heavy atom. The van der Waals surface area contributed by atoms with E-state index in [2.05, 4.69) is 0 Å². The highest BCUT2D eigenvalue weighted by Gasteiger charge is 2.51. The highest BCUT2D eigenvalue weighted by Crippen LogP contribution is 2.30. The number of hydrogen-bond acceptors (Lipinski definition) is 16. The standard InChI is InChI=1S/C18H32O16/c19-1-4-7(21)10(24)13(27)18(32-4)34-15-5(2-20)33-17(14(28)11(15)25)30-3-6-8(22)9(23)12(26)16(29)31-6/h4-29H,1-3H2/t4-,5-,6-,7-,8-,9+,10+,11-,12-,13-,14-,15-,16?,17+,18+/m1/s1. The third-order valence-corrected chi connectivity index (χ3v) is 6.07. The maximum atomic E-state index is 10.5. The van der Waals surface area contributed by atoms with Crippen LogP contribution in [0.15, 0.2) is 0 Å². The molecular weight excluding hydrogens is 472 g/mol. The molecule has 0 bridgehead atoms. The maximum Gasteiger partial charge on any atom is 0.187 e. The van der Waals surface area contributed by atoms with E-state index in [1.807, 2.05) is 0 Å². The minimum Gasteiger partial charge on any atom is -0.394 e. The van der Waals surface area contributed by atoms with E-state index in [0.29, 0.717) is 0 Å². The first-order valence-corrected chi connectivity index (χ1v) is 10.6. The predicted molar refractivity (Wildman–Crippen MR) is 101 cm³/mol. The smallest absolute Gasteiger partial charge is 0.187 e.